The minimum atomic E-state index is -0.584. The predicted octanol–water partition coefficient (Wildman–Crippen LogP) is 1.17. The van der Waals surface area contributed by atoms with Gasteiger partial charge in [-0.05, 0) is 51.5 Å². The van der Waals surface area contributed by atoms with Crippen molar-refractivity contribution in [2.24, 2.45) is 17.8 Å². The second-order valence-corrected chi connectivity index (χ2v) is 6.61. The molecule has 3 rings (SSSR count). The zero-order valence-electron chi connectivity index (χ0n) is 11.3. The highest BCUT2D eigenvalue weighted by Gasteiger charge is 2.51. The minimum Gasteiger partial charge on any atom is -0.481 e. The van der Waals surface area contributed by atoms with E-state index in [1.807, 2.05) is 0 Å². The van der Waals surface area contributed by atoms with Crippen LogP contribution in [0, 0.1) is 17.8 Å². The molecule has 1 aliphatic heterocycles. The van der Waals surface area contributed by atoms with Crippen molar-refractivity contribution in [1.29, 1.82) is 0 Å². The molecule has 0 spiro atoms. The monoisotopic (exact) mass is 252 g/mol. The Morgan fingerprint density at radius 3 is 2.61 bits per heavy atom. The highest BCUT2D eigenvalue weighted by molar-refractivity contribution is 5.72. The second-order valence-electron chi connectivity index (χ2n) is 6.61. The quantitative estimate of drug-likeness (QED) is 0.791. The molecule has 3 aliphatic rings. The standard InChI is InChI=1S/C14H24N2O2/c1-8-5-11(7-16(8)2)15-13-10-4-3-9(6-10)12(13)14(17)18/h8-13,15H,3-7H2,1-2H3,(H,17,18). The third kappa shape index (κ3) is 1.95. The number of aliphatic carboxylic acids is 1. The first-order valence-corrected chi connectivity index (χ1v) is 7.25. The molecular weight excluding hydrogens is 228 g/mol. The summed E-state index contributed by atoms with van der Waals surface area (Å²) in [5.74, 6) is 0.322. The van der Waals surface area contributed by atoms with Crippen LogP contribution in [0.25, 0.3) is 0 Å². The lowest BCUT2D eigenvalue weighted by atomic mass is 9.84. The number of hydrogen-bond acceptors (Lipinski definition) is 3. The van der Waals surface area contributed by atoms with Gasteiger partial charge in [0.25, 0.3) is 0 Å². The molecule has 0 aromatic carbocycles. The molecular formula is C14H24N2O2. The molecule has 2 bridgehead atoms. The van der Waals surface area contributed by atoms with Gasteiger partial charge in [0.15, 0.2) is 0 Å². The maximum absolute atomic E-state index is 11.5. The van der Waals surface area contributed by atoms with Crippen LogP contribution in [0.5, 0.6) is 0 Å². The summed E-state index contributed by atoms with van der Waals surface area (Å²) in [4.78, 5) is 13.8. The van der Waals surface area contributed by atoms with Crippen LogP contribution in [-0.4, -0.2) is 47.7 Å². The van der Waals surface area contributed by atoms with Crippen LogP contribution in [0.2, 0.25) is 0 Å². The normalized spacial score (nSPS) is 47.9. The van der Waals surface area contributed by atoms with Gasteiger partial charge in [0, 0.05) is 24.7 Å². The number of hydrogen-bond donors (Lipinski definition) is 2. The molecule has 102 valence electrons. The van der Waals surface area contributed by atoms with Gasteiger partial charge < -0.3 is 15.3 Å². The van der Waals surface area contributed by atoms with Crippen LogP contribution in [0.1, 0.15) is 32.6 Å². The summed E-state index contributed by atoms with van der Waals surface area (Å²) in [5, 5.41) is 13.1. The van der Waals surface area contributed by atoms with Gasteiger partial charge in [-0.3, -0.25) is 4.79 Å². The smallest absolute Gasteiger partial charge is 0.308 e. The summed E-state index contributed by atoms with van der Waals surface area (Å²) >= 11 is 0. The van der Waals surface area contributed by atoms with Crippen molar-refractivity contribution in [3.05, 3.63) is 0 Å². The fraction of sp³-hybridized carbons (Fsp3) is 0.929. The van der Waals surface area contributed by atoms with E-state index < -0.39 is 5.97 Å². The number of nitrogens with one attached hydrogen (secondary N) is 1. The summed E-state index contributed by atoms with van der Waals surface area (Å²) in [7, 11) is 2.15. The van der Waals surface area contributed by atoms with E-state index >= 15 is 0 Å². The lowest BCUT2D eigenvalue weighted by Crippen LogP contribution is -2.49. The Bertz CT molecular complexity index is 337. The van der Waals surface area contributed by atoms with Crippen molar-refractivity contribution >= 4 is 5.97 Å². The number of carbonyl (C=O) groups is 1. The van der Waals surface area contributed by atoms with E-state index in [1.54, 1.807) is 0 Å². The molecule has 1 saturated heterocycles. The Labute approximate surface area is 109 Å². The van der Waals surface area contributed by atoms with Gasteiger partial charge in [-0.2, -0.15) is 0 Å². The van der Waals surface area contributed by atoms with Crippen molar-refractivity contribution in [1.82, 2.24) is 10.2 Å². The number of likely N-dealkylation sites (N-methyl/N-ethyl adjacent to an activating group) is 1. The maximum Gasteiger partial charge on any atom is 0.308 e. The molecule has 3 fully saturated rings. The molecule has 1 heterocycles. The van der Waals surface area contributed by atoms with Crippen molar-refractivity contribution in [3.63, 3.8) is 0 Å². The summed E-state index contributed by atoms with van der Waals surface area (Å²) in [6, 6.07) is 1.32. The van der Waals surface area contributed by atoms with Crippen molar-refractivity contribution < 1.29 is 9.90 Å². The van der Waals surface area contributed by atoms with Crippen LogP contribution < -0.4 is 5.32 Å². The number of nitrogens with zero attached hydrogens (tertiary/aromatic N) is 1. The molecule has 6 unspecified atom stereocenters. The summed E-state index contributed by atoms with van der Waals surface area (Å²) in [6.07, 6.45) is 4.63. The lowest BCUT2D eigenvalue weighted by molar-refractivity contribution is -0.144. The van der Waals surface area contributed by atoms with E-state index in [2.05, 4.69) is 24.2 Å². The van der Waals surface area contributed by atoms with E-state index in [-0.39, 0.29) is 12.0 Å². The average Bonchev–Trinajstić information content (AvgIpc) is 2.95. The Kier molecular flexibility index (Phi) is 3.10. The Balaban J connectivity index is 1.67. The van der Waals surface area contributed by atoms with Crippen molar-refractivity contribution in [2.75, 3.05) is 13.6 Å². The van der Waals surface area contributed by atoms with Crippen LogP contribution in [0.4, 0.5) is 0 Å². The van der Waals surface area contributed by atoms with Crippen LogP contribution in [-0.2, 0) is 4.79 Å². The molecule has 2 saturated carbocycles. The fourth-order valence-electron chi connectivity index (χ4n) is 4.47. The van der Waals surface area contributed by atoms with Gasteiger partial charge in [-0.25, -0.2) is 0 Å². The predicted molar refractivity (Wildman–Crippen MR) is 69.4 cm³/mol. The number of carboxylic acid groups (broad SMARTS) is 1. The zero-order chi connectivity index (χ0) is 12.9. The van der Waals surface area contributed by atoms with Gasteiger partial charge in [-0.1, -0.05) is 0 Å². The number of fused-ring (bicyclic) bond motifs is 2. The second kappa shape index (κ2) is 4.49. The molecule has 6 atom stereocenters. The number of rotatable bonds is 3. The van der Waals surface area contributed by atoms with Crippen LogP contribution in [0.3, 0.4) is 0 Å². The number of carboxylic acids is 1. The van der Waals surface area contributed by atoms with E-state index in [4.69, 9.17) is 0 Å². The molecule has 2 aliphatic carbocycles. The molecule has 4 nitrogen and oxygen atoms in total. The third-order valence-corrected chi connectivity index (χ3v) is 5.52. The molecule has 2 N–H and O–H groups in total. The molecule has 18 heavy (non-hydrogen) atoms. The molecule has 0 radical (unpaired) electrons. The Hall–Kier alpha value is -0.610. The van der Waals surface area contributed by atoms with Gasteiger partial charge in [0.1, 0.15) is 0 Å². The molecule has 0 aromatic heterocycles. The Morgan fingerprint density at radius 2 is 2.00 bits per heavy atom. The van der Waals surface area contributed by atoms with Gasteiger partial charge in [0.2, 0.25) is 0 Å². The SMILES string of the molecule is CC1CC(NC2C3CCC(C3)C2C(=O)O)CN1C. The molecule has 0 aromatic rings. The van der Waals surface area contributed by atoms with Crippen molar-refractivity contribution in [3.8, 4) is 0 Å². The van der Waals surface area contributed by atoms with E-state index in [0.29, 0.717) is 23.9 Å². The Morgan fingerprint density at radius 1 is 1.28 bits per heavy atom. The summed E-state index contributed by atoms with van der Waals surface area (Å²) in [6.45, 7) is 3.30. The fourth-order valence-corrected chi connectivity index (χ4v) is 4.47. The molecule has 0 amide bonds. The highest BCUT2D eigenvalue weighted by Crippen LogP contribution is 2.48. The highest BCUT2D eigenvalue weighted by atomic mass is 16.4. The first-order valence-electron chi connectivity index (χ1n) is 7.25. The van der Waals surface area contributed by atoms with Gasteiger partial charge in [-0.15, -0.1) is 0 Å². The summed E-state index contributed by atoms with van der Waals surface area (Å²) < 4.78 is 0. The van der Waals surface area contributed by atoms with Crippen LogP contribution >= 0.6 is 0 Å². The first-order chi connectivity index (χ1) is 8.56. The van der Waals surface area contributed by atoms with E-state index in [1.165, 1.54) is 6.42 Å². The topological polar surface area (TPSA) is 52.6 Å². The minimum absolute atomic E-state index is 0.134. The number of likely N-dealkylation sites (tertiary alicyclic amines) is 1. The van der Waals surface area contributed by atoms with Gasteiger partial charge in [0.05, 0.1) is 5.92 Å². The van der Waals surface area contributed by atoms with Crippen LogP contribution in [0.15, 0.2) is 0 Å². The van der Waals surface area contributed by atoms with Gasteiger partial charge >= 0.3 is 5.97 Å². The third-order valence-electron chi connectivity index (χ3n) is 5.52. The van der Waals surface area contributed by atoms with Crippen molar-refractivity contribution in [2.45, 2.75) is 50.7 Å². The first kappa shape index (κ1) is 12.4. The van der Waals surface area contributed by atoms with E-state index in [9.17, 15) is 9.90 Å². The summed E-state index contributed by atoms with van der Waals surface area (Å²) in [5.41, 5.74) is 0. The molecule has 4 heteroatoms. The largest absolute Gasteiger partial charge is 0.481 e. The maximum atomic E-state index is 11.5. The average molecular weight is 252 g/mol. The van der Waals surface area contributed by atoms with E-state index in [0.717, 1.165) is 25.8 Å². The zero-order valence-corrected chi connectivity index (χ0v) is 11.3. The lowest BCUT2D eigenvalue weighted by Gasteiger charge is -2.31.